The largest absolute Gasteiger partial charge is 0.486 e. The molecular weight excluding hydrogens is 346 g/mol. The third-order valence-electron chi connectivity index (χ3n) is 3.83. The number of hydrogen-bond donors (Lipinski definition) is 2. The summed E-state index contributed by atoms with van der Waals surface area (Å²) in [6, 6.07) is 15.5. The first-order chi connectivity index (χ1) is 13.2. The summed E-state index contributed by atoms with van der Waals surface area (Å²) < 4.78 is 11.4. The van der Waals surface area contributed by atoms with Crippen molar-refractivity contribution in [2.75, 3.05) is 0 Å². The molecule has 7 heteroatoms. The second-order valence-corrected chi connectivity index (χ2v) is 5.77. The molecule has 0 aliphatic rings. The molecular formula is C20H15N3O4. The van der Waals surface area contributed by atoms with Gasteiger partial charge in [-0.15, -0.1) is 0 Å². The molecule has 0 saturated heterocycles. The maximum atomic E-state index is 11.0. The molecule has 0 fully saturated rings. The highest BCUT2D eigenvalue weighted by molar-refractivity contribution is 5.88. The van der Waals surface area contributed by atoms with E-state index in [9.17, 15) is 4.79 Å². The van der Waals surface area contributed by atoms with E-state index in [1.54, 1.807) is 30.6 Å². The number of benzene rings is 2. The first kappa shape index (κ1) is 16.6. The van der Waals surface area contributed by atoms with Crippen molar-refractivity contribution in [3.63, 3.8) is 0 Å². The van der Waals surface area contributed by atoms with Crippen LogP contribution in [0, 0.1) is 0 Å². The number of aromatic nitrogens is 3. The molecule has 2 heterocycles. The number of nitrogens with one attached hydrogen (secondary N) is 1. The van der Waals surface area contributed by atoms with E-state index in [1.165, 1.54) is 12.1 Å². The predicted molar refractivity (Wildman–Crippen MR) is 98.1 cm³/mol. The summed E-state index contributed by atoms with van der Waals surface area (Å²) in [5.41, 5.74) is 1.77. The van der Waals surface area contributed by atoms with Crippen molar-refractivity contribution in [3.8, 4) is 17.2 Å². The molecule has 0 bridgehead atoms. The van der Waals surface area contributed by atoms with Crippen LogP contribution in [0.5, 0.6) is 17.2 Å². The van der Waals surface area contributed by atoms with Gasteiger partial charge < -0.3 is 19.6 Å². The number of ether oxygens (including phenoxy) is 2. The van der Waals surface area contributed by atoms with Crippen LogP contribution in [-0.2, 0) is 6.61 Å². The number of aromatic carboxylic acids is 1. The van der Waals surface area contributed by atoms with Crippen LogP contribution in [0.15, 0.2) is 67.0 Å². The molecule has 0 atom stereocenters. The molecule has 2 aromatic carbocycles. The fourth-order valence-corrected chi connectivity index (χ4v) is 2.59. The number of imidazole rings is 1. The maximum absolute atomic E-state index is 11.0. The molecule has 2 aromatic heterocycles. The van der Waals surface area contributed by atoms with Crippen LogP contribution in [0.25, 0.3) is 11.0 Å². The van der Waals surface area contributed by atoms with Crippen molar-refractivity contribution in [1.29, 1.82) is 0 Å². The Kier molecular flexibility index (Phi) is 4.40. The van der Waals surface area contributed by atoms with Gasteiger partial charge in [0.1, 0.15) is 29.7 Å². The van der Waals surface area contributed by atoms with Crippen molar-refractivity contribution in [1.82, 2.24) is 15.0 Å². The van der Waals surface area contributed by atoms with Crippen molar-refractivity contribution < 1.29 is 19.4 Å². The minimum absolute atomic E-state index is 0.175. The van der Waals surface area contributed by atoms with E-state index in [4.69, 9.17) is 14.6 Å². The molecule has 27 heavy (non-hydrogen) atoms. The number of hydrogen-bond acceptors (Lipinski definition) is 5. The smallest absolute Gasteiger partial charge is 0.335 e. The summed E-state index contributed by atoms with van der Waals surface area (Å²) in [6.07, 6.45) is 3.32. The van der Waals surface area contributed by atoms with Crippen LogP contribution in [-0.4, -0.2) is 26.0 Å². The Balaban J connectivity index is 1.48. The summed E-state index contributed by atoms with van der Waals surface area (Å²) in [5, 5.41) is 9.03. The number of carboxylic acids is 1. The lowest BCUT2D eigenvalue weighted by Gasteiger charge is -2.04. The second-order valence-electron chi connectivity index (χ2n) is 5.77. The average Bonchev–Trinajstić information content (AvgIpc) is 3.09. The zero-order valence-electron chi connectivity index (χ0n) is 14.1. The number of rotatable bonds is 6. The lowest BCUT2D eigenvalue weighted by atomic mass is 10.2. The molecule has 2 N–H and O–H groups in total. The van der Waals surface area contributed by atoms with E-state index < -0.39 is 5.97 Å². The molecule has 0 amide bonds. The normalized spacial score (nSPS) is 10.7. The molecule has 0 spiro atoms. The molecule has 4 aromatic rings. The van der Waals surface area contributed by atoms with E-state index in [2.05, 4.69) is 15.0 Å². The Labute approximate surface area is 154 Å². The molecule has 0 radical (unpaired) electrons. The van der Waals surface area contributed by atoms with E-state index in [0.29, 0.717) is 23.1 Å². The quantitative estimate of drug-likeness (QED) is 0.538. The fourth-order valence-electron chi connectivity index (χ4n) is 2.59. The van der Waals surface area contributed by atoms with Gasteiger partial charge in [-0.2, -0.15) is 0 Å². The highest BCUT2D eigenvalue weighted by Crippen LogP contribution is 2.24. The van der Waals surface area contributed by atoms with Crippen LogP contribution < -0.4 is 9.47 Å². The minimum atomic E-state index is -0.995. The van der Waals surface area contributed by atoms with Crippen molar-refractivity contribution >= 4 is 17.0 Å². The van der Waals surface area contributed by atoms with Crippen LogP contribution in [0.1, 0.15) is 16.2 Å². The fraction of sp³-hybridized carbons (Fsp3) is 0.0500. The Morgan fingerprint density at radius 3 is 2.74 bits per heavy atom. The van der Waals surface area contributed by atoms with Gasteiger partial charge in [0.15, 0.2) is 0 Å². The molecule has 0 aliphatic carbocycles. The summed E-state index contributed by atoms with van der Waals surface area (Å²) in [7, 11) is 0. The Bertz CT molecular complexity index is 1090. The monoisotopic (exact) mass is 361 g/mol. The van der Waals surface area contributed by atoms with Crippen molar-refractivity contribution in [2.24, 2.45) is 0 Å². The van der Waals surface area contributed by atoms with Gasteiger partial charge >= 0.3 is 5.97 Å². The summed E-state index contributed by atoms with van der Waals surface area (Å²) >= 11 is 0. The van der Waals surface area contributed by atoms with Gasteiger partial charge in [0.25, 0.3) is 0 Å². The lowest BCUT2D eigenvalue weighted by molar-refractivity contribution is 0.0696. The summed E-state index contributed by atoms with van der Waals surface area (Å²) in [6.45, 7) is 0.191. The van der Waals surface area contributed by atoms with Crippen LogP contribution in [0.4, 0.5) is 0 Å². The number of carboxylic acid groups (broad SMARTS) is 1. The Morgan fingerprint density at radius 1 is 1.04 bits per heavy atom. The highest BCUT2D eigenvalue weighted by Gasteiger charge is 2.08. The molecule has 134 valence electrons. The van der Waals surface area contributed by atoms with Gasteiger partial charge in [-0.25, -0.2) is 9.78 Å². The number of nitrogens with zero attached hydrogens (tertiary/aromatic N) is 2. The lowest BCUT2D eigenvalue weighted by Crippen LogP contribution is -2.00. The summed E-state index contributed by atoms with van der Waals surface area (Å²) in [4.78, 5) is 22.7. The first-order valence-electron chi connectivity index (χ1n) is 8.20. The Morgan fingerprint density at radius 2 is 1.93 bits per heavy atom. The maximum Gasteiger partial charge on any atom is 0.335 e. The van der Waals surface area contributed by atoms with Crippen LogP contribution in [0.2, 0.25) is 0 Å². The van der Waals surface area contributed by atoms with Gasteiger partial charge in [-0.1, -0.05) is 6.07 Å². The van der Waals surface area contributed by atoms with E-state index in [-0.39, 0.29) is 12.2 Å². The molecule has 0 aliphatic heterocycles. The summed E-state index contributed by atoms with van der Waals surface area (Å²) in [5.74, 6) is 1.42. The molecule has 0 saturated carbocycles. The van der Waals surface area contributed by atoms with Crippen molar-refractivity contribution in [2.45, 2.75) is 6.61 Å². The average molecular weight is 361 g/mol. The number of carbonyl (C=O) groups is 1. The SMILES string of the molecule is O=C(O)c1cccc(OCc2nc3ccc(Oc4cccnc4)cc3[nH]2)c1. The topological polar surface area (TPSA) is 97.3 Å². The van der Waals surface area contributed by atoms with Crippen LogP contribution >= 0.6 is 0 Å². The zero-order valence-corrected chi connectivity index (χ0v) is 14.1. The molecule has 4 rings (SSSR count). The molecule has 0 unspecified atom stereocenters. The third kappa shape index (κ3) is 3.87. The number of pyridine rings is 1. The Hall–Kier alpha value is -3.87. The minimum Gasteiger partial charge on any atom is -0.486 e. The highest BCUT2D eigenvalue weighted by atomic mass is 16.5. The third-order valence-corrected chi connectivity index (χ3v) is 3.83. The van der Waals surface area contributed by atoms with E-state index in [0.717, 1.165) is 11.0 Å². The molecule has 7 nitrogen and oxygen atoms in total. The number of H-pyrrole nitrogens is 1. The van der Waals surface area contributed by atoms with Gasteiger partial charge in [-0.3, -0.25) is 4.98 Å². The standard InChI is InChI=1S/C20H15N3O4/c24-20(25)13-3-1-4-14(9-13)26-12-19-22-17-7-6-15(10-18(17)23-19)27-16-5-2-8-21-11-16/h1-11H,12H2,(H,22,23)(H,24,25). The second kappa shape index (κ2) is 7.17. The number of fused-ring (bicyclic) bond motifs is 1. The zero-order chi connectivity index (χ0) is 18.6. The van der Waals surface area contributed by atoms with Crippen LogP contribution in [0.3, 0.4) is 0 Å². The first-order valence-corrected chi connectivity index (χ1v) is 8.20. The van der Waals surface area contributed by atoms with Gasteiger partial charge in [0.05, 0.1) is 22.8 Å². The van der Waals surface area contributed by atoms with Crippen molar-refractivity contribution in [3.05, 3.63) is 78.4 Å². The predicted octanol–water partition coefficient (Wildman–Crippen LogP) is 4.03. The van der Waals surface area contributed by atoms with Gasteiger partial charge in [0, 0.05) is 12.3 Å². The number of aromatic amines is 1. The van der Waals surface area contributed by atoms with Gasteiger partial charge in [-0.05, 0) is 42.5 Å². The van der Waals surface area contributed by atoms with E-state index >= 15 is 0 Å². The van der Waals surface area contributed by atoms with E-state index in [1.807, 2.05) is 24.3 Å². The van der Waals surface area contributed by atoms with Gasteiger partial charge in [0.2, 0.25) is 0 Å².